The van der Waals surface area contributed by atoms with Gasteiger partial charge in [-0.15, -0.1) is 0 Å². The van der Waals surface area contributed by atoms with Gasteiger partial charge in [-0.1, -0.05) is 29.3 Å². The van der Waals surface area contributed by atoms with Gasteiger partial charge in [-0.3, -0.25) is 4.68 Å². The topological polar surface area (TPSA) is 17.8 Å². The van der Waals surface area contributed by atoms with Crippen molar-refractivity contribution in [2.24, 2.45) is 7.05 Å². The van der Waals surface area contributed by atoms with Crippen molar-refractivity contribution in [3.63, 3.8) is 0 Å². The highest BCUT2D eigenvalue weighted by Crippen LogP contribution is 2.29. The van der Waals surface area contributed by atoms with E-state index >= 15 is 0 Å². The van der Waals surface area contributed by atoms with Gasteiger partial charge in [0.1, 0.15) is 0 Å². The first kappa shape index (κ1) is 11.8. The first-order valence-corrected chi connectivity index (χ1v) is 6.09. The van der Waals surface area contributed by atoms with E-state index in [4.69, 9.17) is 23.2 Å². The Bertz CT molecular complexity index is 523. The fraction of sp³-hybridized carbons (Fsp3) is 0.182. The van der Waals surface area contributed by atoms with Crippen molar-refractivity contribution in [2.75, 3.05) is 0 Å². The number of rotatable bonds is 2. The van der Waals surface area contributed by atoms with Gasteiger partial charge < -0.3 is 0 Å². The van der Waals surface area contributed by atoms with Crippen LogP contribution in [0.4, 0.5) is 0 Å². The Labute approximate surface area is 110 Å². The number of thiol groups is 1. The fourth-order valence-corrected chi connectivity index (χ4v) is 2.07. The third kappa shape index (κ3) is 2.21. The summed E-state index contributed by atoms with van der Waals surface area (Å²) in [5, 5.41) is 5.48. The van der Waals surface area contributed by atoms with Gasteiger partial charge in [0, 0.05) is 30.1 Å². The molecule has 0 amide bonds. The summed E-state index contributed by atoms with van der Waals surface area (Å²) in [7, 11) is 1.88. The maximum absolute atomic E-state index is 5.98. The zero-order valence-electron chi connectivity index (χ0n) is 8.61. The molecule has 0 N–H and O–H groups in total. The molecule has 1 aromatic carbocycles. The Balaban J connectivity index is 2.53. The highest BCUT2D eigenvalue weighted by atomic mass is 35.5. The zero-order valence-corrected chi connectivity index (χ0v) is 11.0. The van der Waals surface area contributed by atoms with Gasteiger partial charge in [0.15, 0.2) is 0 Å². The molecule has 1 aromatic heterocycles. The normalized spacial score (nSPS) is 10.8. The number of benzene rings is 1. The number of hydrogen-bond acceptors (Lipinski definition) is 2. The maximum Gasteiger partial charge on any atom is 0.0963 e. The van der Waals surface area contributed by atoms with Crippen LogP contribution >= 0.6 is 35.8 Å². The number of hydrogen-bond donors (Lipinski definition) is 1. The summed E-state index contributed by atoms with van der Waals surface area (Å²) >= 11 is 16.1. The number of aromatic nitrogens is 2. The van der Waals surface area contributed by atoms with Crippen LogP contribution in [0.15, 0.2) is 24.4 Å². The van der Waals surface area contributed by atoms with Crippen molar-refractivity contribution in [1.82, 2.24) is 9.78 Å². The molecule has 0 radical (unpaired) electrons. The molecule has 16 heavy (non-hydrogen) atoms. The predicted octanol–water partition coefficient (Wildman–Crippen LogP) is 3.82. The third-order valence-corrected chi connectivity index (χ3v) is 3.35. The van der Waals surface area contributed by atoms with Crippen LogP contribution in [-0.2, 0) is 12.8 Å². The zero-order chi connectivity index (χ0) is 11.7. The molecule has 84 valence electrons. The lowest BCUT2D eigenvalue weighted by Crippen LogP contribution is -1.88. The summed E-state index contributed by atoms with van der Waals surface area (Å²) in [5.74, 6) is 0.642. The highest BCUT2D eigenvalue weighted by Gasteiger charge is 2.10. The van der Waals surface area contributed by atoms with E-state index in [9.17, 15) is 0 Å². The molecule has 5 heteroatoms. The lowest BCUT2D eigenvalue weighted by atomic mass is 10.1. The van der Waals surface area contributed by atoms with Crippen LogP contribution in [0, 0.1) is 0 Å². The van der Waals surface area contributed by atoms with Crippen molar-refractivity contribution >= 4 is 35.8 Å². The number of halogens is 2. The van der Waals surface area contributed by atoms with Crippen LogP contribution in [-0.4, -0.2) is 9.78 Å². The Morgan fingerprint density at radius 3 is 2.69 bits per heavy atom. The average molecular weight is 273 g/mol. The molecule has 2 rings (SSSR count). The van der Waals surface area contributed by atoms with E-state index in [-0.39, 0.29) is 0 Å². The molecule has 0 saturated carbocycles. The van der Waals surface area contributed by atoms with Crippen LogP contribution in [0.2, 0.25) is 10.0 Å². The second kappa shape index (κ2) is 4.70. The minimum absolute atomic E-state index is 0.537. The van der Waals surface area contributed by atoms with Crippen LogP contribution in [0.1, 0.15) is 5.56 Å². The molecular formula is C11H10Cl2N2S. The van der Waals surface area contributed by atoms with Crippen molar-refractivity contribution in [3.8, 4) is 11.3 Å². The highest BCUT2D eigenvalue weighted by molar-refractivity contribution is 7.79. The van der Waals surface area contributed by atoms with Crippen LogP contribution < -0.4 is 0 Å². The van der Waals surface area contributed by atoms with Crippen LogP contribution in [0.25, 0.3) is 11.3 Å². The summed E-state index contributed by atoms with van der Waals surface area (Å²) in [5.41, 5.74) is 2.93. The monoisotopic (exact) mass is 272 g/mol. The van der Waals surface area contributed by atoms with Crippen LogP contribution in [0.3, 0.4) is 0 Å². The smallest absolute Gasteiger partial charge is 0.0963 e. The van der Waals surface area contributed by atoms with Crippen molar-refractivity contribution < 1.29 is 0 Å². The number of aryl methyl sites for hydroxylation is 1. The molecule has 0 aliphatic carbocycles. The van der Waals surface area contributed by atoms with Gasteiger partial charge in [0.25, 0.3) is 0 Å². The molecule has 0 aliphatic heterocycles. The summed E-state index contributed by atoms with van der Waals surface area (Å²) in [4.78, 5) is 0. The molecule has 2 aromatic rings. The Hall–Kier alpha value is -0.640. The third-order valence-electron chi connectivity index (χ3n) is 2.27. The van der Waals surface area contributed by atoms with E-state index in [1.807, 2.05) is 25.4 Å². The quantitative estimate of drug-likeness (QED) is 0.823. The second-order valence-corrected chi connectivity index (χ2v) is 4.59. The van der Waals surface area contributed by atoms with Gasteiger partial charge in [0.05, 0.1) is 15.7 Å². The van der Waals surface area contributed by atoms with Crippen LogP contribution in [0.5, 0.6) is 0 Å². The van der Waals surface area contributed by atoms with Gasteiger partial charge in [-0.2, -0.15) is 17.7 Å². The van der Waals surface area contributed by atoms with E-state index in [0.717, 1.165) is 16.8 Å². The summed E-state index contributed by atoms with van der Waals surface area (Å²) in [6.07, 6.45) is 1.95. The molecule has 0 saturated heterocycles. The first-order chi connectivity index (χ1) is 7.61. The fourth-order valence-electron chi connectivity index (χ4n) is 1.54. The summed E-state index contributed by atoms with van der Waals surface area (Å²) < 4.78 is 1.77. The maximum atomic E-state index is 5.98. The lowest BCUT2D eigenvalue weighted by molar-refractivity contribution is 0.770. The van der Waals surface area contributed by atoms with Crippen molar-refractivity contribution in [3.05, 3.63) is 40.0 Å². The summed E-state index contributed by atoms with van der Waals surface area (Å²) in [6.45, 7) is 0. The van der Waals surface area contributed by atoms with Gasteiger partial charge in [-0.05, 0) is 12.1 Å². The Kier molecular flexibility index (Phi) is 3.47. The second-order valence-electron chi connectivity index (χ2n) is 3.46. The molecule has 1 heterocycles. The van der Waals surface area contributed by atoms with Gasteiger partial charge in [0.2, 0.25) is 0 Å². The largest absolute Gasteiger partial charge is 0.275 e. The molecule has 0 aliphatic rings. The first-order valence-electron chi connectivity index (χ1n) is 4.70. The molecule has 0 bridgehead atoms. The number of nitrogens with zero attached hydrogens (tertiary/aromatic N) is 2. The van der Waals surface area contributed by atoms with Gasteiger partial charge >= 0.3 is 0 Å². The molecule has 0 atom stereocenters. The predicted molar refractivity (Wildman–Crippen MR) is 71.4 cm³/mol. The lowest BCUT2D eigenvalue weighted by Gasteiger charge is -2.01. The molecule has 0 unspecified atom stereocenters. The Morgan fingerprint density at radius 1 is 1.31 bits per heavy atom. The standard InChI is InChI=1S/C11H10Cl2N2S/c1-15-5-8(6-16)11(14-15)7-2-3-9(12)10(13)4-7/h2-5,16H,6H2,1H3. The minimum Gasteiger partial charge on any atom is -0.275 e. The molecule has 0 spiro atoms. The molecule has 2 nitrogen and oxygen atoms in total. The SMILES string of the molecule is Cn1cc(CS)c(-c2ccc(Cl)c(Cl)c2)n1. The minimum atomic E-state index is 0.537. The van der Waals surface area contributed by atoms with Gasteiger partial charge in [-0.25, -0.2) is 0 Å². The van der Waals surface area contributed by atoms with E-state index in [1.165, 1.54) is 0 Å². The Morgan fingerprint density at radius 2 is 2.06 bits per heavy atom. The van der Waals surface area contributed by atoms with Crippen molar-refractivity contribution in [2.45, 2.75) is 5.75 Å². The average Bonchev–Trinajstić information content (AvgIpc) is 2.63. The van der Waals surface area contributed by atoms with E-state index in [2.05, 4.69) is 17.7 Å². The van der Waals surface area contributed by atoms with E-state index in [0.29, 0.717) is 15.8 Å². The van der Waals surface area contributed by atoms with E-state index < -0.39 is 0 Å². The summed E-state index contributed by atoms with van der Waals surface area (Å²) in [6, 6.07) is 5.50. The van der Waals surface area contributed by atoms with Crippen molar-refractivity contribution in [1.29, 1.82) is 0 Å². The molecular weight excluding hydrogens is 263 g/mol. The molecule has 0 fully saturated rings. The van der Waals surface area contributed by atoms with E-state index in [1.54, 1.807) is 10.7 Å².